The van der Waals surface area contributed by atoms with Crippen LogP contribution < -0.4 is 0 Å². The molecule has 0 heterocycles. The van der Waals surface area contributed by atoms with Crippen molar-refractivity contribution in [1.82, 2.24) is 0 Å². The van der Waals surface area contributed by atoms with E-state index in [0.717, 1.165) is 6.42 Å². The van der Waals surface area contributed by atoms with Gasteiger partial charge < -0.3 is 5.11 Å². The van der Waals surface area contributed by atoms with Crippen LogP contribution in [0.1, 0.15) is 39.5 Å². The fourth-order valence-corrected chi connectivity index (χ4v) is 1.78. The minimum Gasteiger partial charge on any atom is -0.396 e. The van der Waals surface area contributed by atoms with Gasteiger partial charge in [0.05, 0.1) is 0 Å². The van der Waals surface area contributed by atoms with Gasteiger partial charge in [0, 0.05) is 6.61 Å². The van der Waals surface area contributed by atoms with Crippen LogP contribution in [0.3, 0.4) is 0 Å². The highest BCUT2D eigenvalue weighted by atomic mass is 16.2. The summed E-state index contributed by atoms with van der Waals surface area (Å²) in [7, 11) is 0. The highest BCUT2D eigenvalue weighted by molar-refractivity contribution is 5.08. The van der Waals surface area contributed by atoms with Gasteiger partial charge in [0.25, 0.3) is 0 Å². The van der Waals surface area contributed by atoms with Gasteiger partial charge in [-0.2, -0.15) is 0 Å². The maximum atomic E-state index is 8.75. The molecule has 0 aromatic rings. The van der Waals surface area contributed by atoms with Gasteiger partial charge in [0.2, 0.25) is 0 Å². The van der Waals surface area contributed by atoms with Crippen molar-refractivity contribution in [2.24, 2.45) is 5.41 Å². The molecule has 1 N–H and O–H groups in total. The van der Waals surface area contributed by atoms with Gasteiger partial charge in [-0.15, -0.1) is 0 Å². The Morgan fingerprint density at radius 3 is 2.82 bits per heavy atom. The second-order valence-corrected chi connectivity index (χ2v) is 4.22. The van der Waals surface area contributed by atoms with E-state index in [1.54, 1.807) is 0 Å². The molecule has 1 aliphatic rings. The van der Waals surface area contributed by atoms with Gasteiger partial charge in [-0.3, -0.25) is 0 Å². The van der Waals surface area contributed by atoms with E-state index in [0.29, 0.717) is 12.0 Å². The van der Waals surface area contributed by atoms with Gasteiger partial charge in [0.1, 0.15) is 0 Å². The fraction of sp³-hybridized carbons (Fsp3) is 0.800. The third kappa shape index (κ3) is 2.66. The van der Waals surface area contributed by atoms with E-state index in [2.05, 4.69) is 19.9 Å². The van der Waals surface area contributed by atoms with E-state index in [-0.39, 0.29) is 0 Å². The highest BCUT2D eigenvalue weighted by Crippen LogP contribution is 2.35. The molecule has 0 aliphatic heterocycles. The summed E-state index contributed by atoms with van der Waals surface area (Å²) in [4.78, 5) is 0. The van der Waals surface area contributed by atoms with Crippen molar-refractivity contribution in [2.75, 3.05) is 6.61 Å². The molecule has 1 rings (SSSR count). The molecule has 0 amide bonds. The first-order chi connectivity index (χ1) is 5.14. The molecule has 64 valence electrons. The summed E-state index contributed by atoms with van der Waals surface area (Å²) in [6.45, 7) is 4.91. The number of hydrogen-bond donors (Lipinski definition) is 1. The van der Waals surface area contributed by atoms with Crippen molar-refractivity contribution in [3.8, 4) is 0 Å². The lowest BCUT2D eigenvalue weighted by molar-refractivity contribution is 0.276. The second-order valence-electron chi connectivity index (χ2n) is 4.22. The quantitative estimate of drug-likeness (QED) is 0.606. The summed E-state index contributed by atoms with van der Waals surface area (Å²) >= 11 is 0. The Kier molecular flexibility index (Phi) is 2.72. The van der Waals surface area contributed by atoms with E-state index >= 15 is 0 Å². The average molecular weight is 154 g/mol. The Morgan fingerprint density at radius 2 is 2.27 bits per heavy atom. The van der Waals surface area contributed by atoms with Crippen molar-refractivity contribution >= 4 is 0 Å². The Balaban J connectivity index is 2.49. The number of aliphatic hydroxyl groups excluding tert-OH is 1. The van der Waals surface area contributed by atoms with Crippen LogP contribution in [0.4, 0.5) is 0 Å². The molecule has 0 aromatic heterocycles. The van der Waals surface area contributed by atoms with Crippen molar-refractivity contribution in [3.05, 3.63) is 11.6 Å². The maximum absolute atomic E-state index is 8.75. The molecule has 0 radical (unpaired) electrons. The number of hydrogen-bond acceptors (Lipinski definition) is 1. The molecule has 11 heavy (non-hydrogen) atoms. The summed E-state index contributed by atoms with van der Waals surface area (Å²) in [6.07, 6.45) is 6.84. The first-order valence-electron chi connectivity index (χ1n) is 4.43. The summed E-state index contributed by atoms with van der Waals surface area (Å²) in [5.41, 5.74) is 1.92. The molecule has 0 saturated carbocycles. The molecular formula is C10H18O. The van der Waals surface area contributed by atoms with Crippen LogP contribution in [-0.2, 0) is 0 Å². The van der Waals surface area contributed by atoms with Gasteiger partial charge >= 0.3 is 0 Å². The zero-order valence-corrected chi connectivity index (χ0v) is 7.56. The fourth-order valence-electron chi connectivity index (χ4n) is 1.78. The molecule has 0 spiro atoms. The molecular weight excluding hydrogens is 136 g/mol. The van der Waals surface area contributed by atoms with Crippen LogP contribution in [0.2, 0.25) is 0 Å². The van der Waals surface area contributed by atoms with Crippen LogP contribution in [-0.4, -0.2) is 11.7 Å². The summed E-state index contributed by atoms with van der Waals surface area (Å²) in [6, 6.07) is 0. The molecule has 1 heteroatoms. The SMILES string of the molecule is CC1(C)CCC=C(CCO)C1. The van der Waals surface area contributed by atoms with Gasteiger partial charge in [-0.05, 0) is 31.1 Å². The number of rotatable bonds is 2. The number of aliphatic hydroxyl groups is 1. The number of allylic oxidation sites excluding steroid dienone is 1. The Morgan fingerprint density at radius 1 is 1.55 bits per heavy atom. The Bertz CT molecular complexity index is 156. The first-order valence-corrected chi connectivity index (χ1v) is 4.43. The zero-order valence-electron chi connectivity index (χ0n) is 7.56. The van der Waals surface area contributed by atoms with Crippen LogP contribution in [0.25, 0.3) is 0 Å². The van der Waals surface area contributed by atoms with Gasteiger partial charge in [0.15, 0.2) is 0 Å². The van der Waals surface area contributed by atoms with Crippen LogP contribution in [0.5, 0.6) is 0 Å². The third-order valence-electron chi connectivity index (χ3n) is 2.39. The third-order valence-corrected chi connectivity index (χ3v) is 2.39. The molecule has 0 fully saturated rings. The largest absolute Gasteiger partial charge is 0.396 e. The van der Waals surface area contributed by atoms with E-state index in [1.807, 2.05) is 0 Å². The van der Waals surface area contributed by atoms with Crippen molar-refractivity contribution in [2.45, 2.75) is 39.5 Å². The van der Waals surface area contributed by atoms with E-state index in [4.69, 9.17) is 5.11 Å². The molecule has 0 saturated heterocycles. The van der Waals surface area contributed by atoms with Crippen molar-refractivity contribution < 1.29 is 5.11 Å². The van der Waals surface area contributed by atoms with Crippen molar-refractivity contribution in [3.63, 3.8) is 0 Å². The summed E-state index contributed by atoms with van der Waals surface area (Å²) in [5.74, 6) is 0. The average Bonchev–Trinajstić information content (AvgIpc) is 1.85. The van der Waals surface area contributed by atoms with E-state index < -0.39 is 0 Å². The molecule has 0 unspecified atom stereocenters. The first kappa shape index (κ1) is 8.79. The summed E-state index contributed by atoms with van der Waals surface area (Å²) in [5, 5.41) is 8.75. The minimum atomic E-state index is 0.307. The zero-order chi connectivity index (χ0) is 8.32. The molecule has 0 atom stereocenters. The van der Waals surface area contributed by atoms with Crippen LogP contribution in [0, 0.1) is 5.41 Å². The molecule has 1 nitrogen and oxygen atoms in total. The predicted octanol–water partition coefficient (Wildman–Crippen LogP) is 2.51. The highest BCUT2D eigenvalue weighted by Gasteiger charge is 2.21. The minimum absolute atomic E-state index is 0.307. The lowest BCUT2D eigenvalue weighted by atomic mass is 9.77. The second kappa shape index (κ2) is 3.40. The smallest absolute Gasteiger partial charge is 0.0468 e. The lowest BCUT2D eigenvalue weighted by Crippen LogP contribution is -2.16. The summed E-state index contributed by atoms with van der Waals surface area (Å²) < 4.78 is 0. The van der Waals surface area contributed by atoms with Gasteiger partial charge in [-0.1, -0.05) is 25.5 Å². The molecule has 0 aromatic carbocycles. The van der Waals surface area contributed by atoms with E-state index in [1.165, 1.54) is 24.8 Å². The van der Waals surface area contributed by atoms with Gasteiger partial charge in [-0.25, -0.2) is 0 Å². The van der Waals surface area contributed by atoms with Crippen LogP contribution >= 0.6 is 0 Å². The lowest BCUT2D eigenvalue weighted by Gasteiger charge is -2.29. The topological polar surface area (TPSA) is 20.2 Å². The monoisotopic (exact) mass is 154 g/mol. The predicted molar refractivity (Wildman–Crippen MR) is 47.4 cm³/mol. The molecule has 1 aliphatic carbocycles. The standard InChI is InChI=1S/C10H18O/c1-10(2)6-3-4-9(8-10)5-7-11/h4,11H,3,5-8H2,1-2H3. The van der Waals surface area contributed by atoms with Crippen LogP contribution in [0.15, 0.2) is 11.6 Å². The normalized spacial score (nSPS) is 23.0. The van der Waals surface area contributed by atoms with E-state index in [9.17, 15) is 0 Å². The Hall–Kier alpha value is -0.300. The molecule has 0 bridgehead atoms. The van der Waals surface area contributed by atoms with Crippen molar-refractivity contribution in [1.29, 1.82) is 0 Å². The maximum Gasteiger partial charge on any atom is 0.0468 e. The Labute approximate surface area is 69.1 Å².